The summed E-state index contributed by atoms with van der Waals surface area (Å²) in [6, 6.07) is 11.8. The predicted octanol–water partition coefficient (Wildman–Crippen LogP) is 5.85. The number of nitrogens with zero attached hydrogens (tertiary/aromatic N) is 1. The Bertz CT molecular complexity index is 1470. The van der Waals surface area contributed by atoms with Crippen LogP contribution in [-0.4, -0.2) is 36.6 Å². The van der Waals surface area contributed by atoms with E-state index in [0.29, 0.717) is 34.2 Å². The number of benzene rings is 2. The number of amides is 2. The SMILES string of the molecule is COc1cc2nccc(Oc3ccc(NC(=O)C(C)C(=O)NC4(C)C(F)=CC(F)=CC4C)cc3)c2cc1OC. The second-order valence-corrected chi connectivity index (χ2v) is 9.39. The Morgan fingerprint density at radius 2 is 1.67 bits per heavy atom. The number of pyridine rings is 1. The summed E-state index contributed by atoms with van der Waals surface area (Å²) in [5, 5.41) is 5.95. The molecule has 0 radical (unpaired) electrons. The normalized spacial score (nSPS) is 19.4. The van der Waals surface area contributed by atoms with Crippen molar-refractivity contribution in [2.75, 3.05) is 19.5 Å². The van der Waals surface area contributed by atoms with Crippen molar-refractivity contribution in [1.29, 1.82) is 0 Å². The minimum atomic E-state index is -1.45. The highest BCUT2D eigenvalue weighted by molar-refractivity contribution is 6.06. The fourth-order valence-corrected chi connectivity index (χ4v) is 4.12. The first-order valence-electron chi connectivity index (χ1n) is 12.2. The summed E-state index contributed by atoms with van der Waals surface area (Å²) < 4.78 is 44.8. The summed E-state index contributed by atoms with van der Waals surface area (Å²) >= 11 is 0. The third-order valence-electron chi connectivity index (χ3n) is 6.81. The smallest absolute Gasteiger partial charge is 0.236 e. The summed E-state index contributed by atoms with van der Waals surface area (Å²) in [5.74, 6) is -2.43. The molecule has 0 saturated heterocycles. The van der Waals surface area contributed by atoms with Gasteiger partial charge in [-0.25, -0.2) is 8.78 Å². The number of anilines is 1. The van der Waals surface area contributed by atoms with E-state index in [2.05, 4.69) is 15.6 Å². The van der Waals surface area contributed by atoms with E-state index in [1.54, 1.807) is 69.8 Å². The first-order valence-corrected chi connectivity index (χ1v) is 12.2. The summed E-state index contributed by atoms with van der Waals surface area (Å²) in [5.41, 5.74) is -0.354. The van der Waals surface area contributed by atoms with Gasteiger partial charge in [0.2, 0.25) is 11.8 Å². The fraction of sp³-hybridized carbons (Fsp3) is 0.276. The molecule has 8 nitrogen and oxygen atoms in total. The number of carbonyl (C=O) groups is 2. The molecule has 204 valence electrons. The van der Waals surface area contributed by atoms with E-state index in [9.17, 15) is 18.4 Å². The van der Waals surface area contributed by atoms with E-state index in [0.717, 1.165) is 11.5 Å². The Hall–Kier alpha value is -4.47. The Balaban J connectivity index is 1.42. The standard InChI is InChI=1S/C29H29F2N3O5/c1-16-12-18(30)13-26(31)29(16,3)34-28(36)17(2)27(35)33-19-6-8-20(9-7-19)39-23-10-11-32-22-15-25(38-5)24(37-4)14-21(22)23/h6-17H,1-5H3,(H,33,35)(H,34,36). The van der Waals surface area contributed by atoms with E-state index in [1.165, 1.54) is 19.9 Å². The van der Waals surface area contributed by atoms with E-state index >= 15 is 0 Å². The number of methoxy groups -OCH3 is 2. The molecule has 1 aliphatic carbocycles. The van der Waals surface area contributed by atoms with Gasteiger partial charge in [-0.05, 0) is 56.3 Å². The maximum Gasteiger partial charge on any atom is 0.236 e. The molecule has 39 heavy (non-hydrogen) atoms. The molecule has 0 bridgehead atoms. The van der Waals surface area contributed by atoms with Crippen molar-refractivity contribution in [1.82, 2.24) is 10.3 Å². The zero-order valence-corrected chi connectivity index (χ0v) is 22.2. The lowest BCUT2D eigenvalue weighted by molar-refractivity contribution is -0.133. The largest absolute Gasteiger partial charge is 0.493 e. The van der Waals surface area contributed by atoms with E-state index in [1.807, 2.05) is 0 Å². The lowest BCUT2D eigenvalue weighted by atomic mass is 9.81. The number of aromatic nitrogens is 1. The second-order valence-electron chi connectivity index (χ2n) is 9.39. The number of halogens is 2. The second kappa shape index (κ2) is 11.1. The van der Waals surface area contributed by atoms with Crippen LogP contribution >= 0.6 is 0 Å². The number of hydrogen-bond donors (Lipinski definition) is 2. The molecular formula is C29H29F2N3O5. The molecule has 3 atom stereocenters. The molecule has 1 aromatic heterocycles. The van der Waals surface area contributed by atoms with Crippen molar-refractivity contribution in [3.8, 4) is 23.0 Å². The molecule has 0 spiro atoms. The van der Waals surface area contributed by atoms with Gasteiger partial charge >= 0.3 is 0 Å². The maximum absolute atomic E-state index is 14.5. The van der Waals surface area contributed by atoms with Crippen molar-refractivity contribution in [3.05, 3.63) is 72.5 Å². The summed E-state index contributed by atoms with van der Waals surface area (Å²) in [4.78, 5) is 29.8. The molecule has 2 amide bonds. The minimum absolute atomic E-state index is 0.436. The van der Waals surface area contributed by atoms with Crippen LogP contribution in [-0.2, 0) is 9.59 Å². The number of allylic oxidation sites excluding steroid dienone is 2. The van der Waals surface area contributed by atoms with Crippen LogP contribution in [0, 0.1) is 11.8 Å². The zero-order valence-electron chi connectivity index (χ0n) is 22.2. The van der Waals surface area contributed by atoms with Crippen molar-refractivity contribution >= 4 is 28.4 Å². The predicted molar refractivity (Wildman–Crippen MR) is 143 cm³/mol. The highest BCUT2D eigenvalue weighted by Gasteiger charge is 2.40. The molecular weight excluding hydrogens is 508 g/mol. The Kier molecular flexibility index (Phi) is 7.85. The van der Waals surface area contributed by atoms with Crippen LogP contribution in [0.25, 0.3) is 10.9 Å². The summed E-state index contributed by atoms with van der Waals surface area (Å²) in [6.07, 6.45) is 3.57. The number of carbonyl (C=O) groups excluding carboxylic acids is 2. The highest BCUT2D eigenvalue weighted by Crippen LogP contribution is 2.37. The quantitative estimate of drug-likeness (QED) is 0.350. The van der Waals surface area contributed by atoms with Gasteiger partial charge < -0.3 is 24.8 Å². The van der Waals surface area contributed by atoms with Gasteiger partial charge in [0.25, 0.3) is 0 Å². The molecule has 1 aliphatic rings. The van der Waals surface area contributed by atoms with Gasteiger partial charge in [0, 0.05) is 35.3 Å². The first kappa shape index (κ1) is 27.6. The van der Waals surface area contributed by atoms with Crippen molar-refractivity contribution in [3.63, 3.8) is 0 Å². The van der Waals surface area contributed by atoms with Crippen LogP contribution in [0.3, 0.4) is 0 Å². The van der Waals surface area contributed by atoms with Gasteiger partial charge in [-0.15, -0.1) is 0 Å². The van der Waals surface area contributed by atoms with Crippen molar-refractivity contribution < 1.29 is 32.6 Å². The van der Waals surface area contributed by atoms with E-state index in [4.69, 9.17) is 14.2 Å². The van der Waals surface area contributed by atoms with Crippen LogP contribution in [0.1, 0.15) is 20.8 Å². The number of ether oxygens (including phenoxy) is 3. The monoisotopic (exact) mass is 537 g/mol. The Morgan fingerprint density at radius 3 is 2.31 bits per heavy atom. The molecule has 2 N–H and O–H groups in total. The molecule has 0 aliphatic heterocycles. The molecule has 2 aromatic carbocycles. The van der Waals surface area contributed by atoms with Gasteiger partial charge in [0.1, 0.15) is 29.1 Å². The minimum Gasteiger partial charge on any atom is -0.493 e. The number of rotatable bonds is 8. The Morgan fingerprint density at radius 1 is 1.00 bits per heavy atom. The molecule has 10 heteroatoms. The average Bonchev–Trinajstić information content (AvgIpc) is 2.91. The van der Waals surface area contributed by atoms with Gasteiger partial charge in [-0.3, -0.25) is 14.6 Å². The third-order valence-corrected chi connectivity index (χ3v) is 6.81. The Labute approximate surface area is 224 Å². The molecule has 3 aromatic rings. The number of nitrogens with one attached hydrogen (secondary N) is 2. The van der Waals surface area contributed by atoms with E-state index in [-0.39, 0.29) is 0 Å². The van der Waals surface area contributed by atoms with Crippen LogP contribution in [0.2, 0.25) is 0 Å². The van der Waals surface area contributed by atoms with Crippen molar-refractivity contribution in [2.45, 2.75) is 26.3 Å². The number of fused-ring (bicyclic) bond motifs is 1. The average molecular weight is 538 g/mol. The third kappa shape index (κ3) is 5.69. The fourth-order valence-electron chi connectivity index (χ4n) is 4.12. The molecule has 0 fully saturated rings. The van der Waals surface area contributed by atoms with Gasteiger partial charge in [0.05, 0.1) is 25.3 Å². The maximum atomic E-state index is 14.5. The topological polar surface area (TPSA) is 98.8 Å². The highest BCUT2D eigenvalue weighted by atomic mass is 19.1. The van der Waals surface area contributed by atoms with Crippen LogP contribution in [0.5, 0.6) is 23.0 Å². The molecule has 3 unspecified atom stereocenters. The summed E-state index contributed by atoms with van der Waals surface area (Å²) in [7, 11) is 3.09. The van der Waals surface area contributed by atoms with Crippen LogP contribution in [0.15, 0.2) is 72.5 Å². The molecule has 4 rings (SSSR count). The lowest BCUT2D eigenvalue weighted by Crippen LogP contribution is -2.54. The first-order chi connectivity index (χ1) is 18.5. The van der Waals surface area contributed by atoms with Crippen LogP contribution < -0.4 is 24.8 Å². The van der Waals surface area contributed by atoms with Crippen LogP contribution in [0.4, 0.5) is 14.5 Å². The van der Waals surface area contributed by atoms with Gasteiger partial charge in [-0.1, -0.05) is 6.92 Å². The van der Waals surface area contributed by atoms with E-state index < -0.39 is 40.8 Å². The van der Waals surface area contributed by atoms with Gasteiger partial charge in [-0.2, -0.15) is 0 Å². The number of hydrogen-bond acceptors (Lipinski definition) is 6. The lowest BCUT2D eigenvalue weighted by Gasteiger charge is -2.36. The summed E-state index contributed by atoms with van der Waals surface area (Å²) in [6.45, 7) is 4.45. The van der Waals surface area contributed by atoms with Gasteiger partial charge in [0.15, 0.2) is 11.5 Å². The molecule has 1 heterocycles. The molecule has 0 saturated carbocycles. The zero-order chi connectivity index (χ0) is 28.3. The van der Waals surface area contributed by atoms with Crippen molar-refractivity contribution in [2.24, 2.45) is 11.8 Å².